The average Bonchev–Trinajstić information content (AvgIpc) is 2.72. The highest BCUT2D eigenvalue weighted by Crippen LogP contribution is 2.22. The van der Waals surface area contributed by atoms with Crippen LogP contribution in [0.1, 0.15) is 32.3 Å². The lowest BCUT2D eigenvalue weighted by molar-refractivity contribution is -0.165. The van der Waals surface area contributed by atoms with E-state index in [1.54, 1.807) is 12.1 Å². The number of aliphatic hydroxyl groups is 2. The predicted molar refractivity (Wildman–Crippen MR) is 118 cm³/mol. The highest BCUT2D eigenvalue weighted by atomic mass is 32.2. The Bertz CT molecular complexity index is 835. The third-order valence-electron chi connectivity index (χ3n) is 4.98. The van der Waals surface area contributed by atoms with Gasteiger partial charge in [0.25, 0.3) is 0 Å². The Kier molecular flexibility index (Phi) is 11.2. The van der Waals surface area contributed by atoms with Crippen LogP contribution in [0, 0.1) is 5.92 Å². The Morgan fingerprint density at radius 3 is 2.00 bits per heavy atom. The van der Waals surface area contributed by atoms with Crippen LogP contribution in [-0.2, 0) is 26.0 Å². The first-order valence-electron chi connectivity index (χ1n) is 10.4. The molecule has 1 saturated heterocycles. The molecule has 5 N–H and O–H groups in total. The zero-order valence-electron chi connectivity index (χ0n) is 18.6. The van der Waals surface area contributed by atoms with Crippen molar-refractivity contribution in [2.24, 2.45) is 5.92 Å². The van der Waals surface area contributed by atoms with Gasteiger partial charge in [-0.05, 0) is 43.5 Å². The number of aliphatic carboxylic acids is 2. The molecule has 1 aromatic rings. The molecule has 0 aliphatic carbocycles. The number of hydrogen-bond acceptors (Lipinski definition) is 8. The van der Waals surface area contributed by atoms with Crippen LogP contribution in [-0.4, -0.2) is 89.8 Å². The van der Waals surface area contributed by atoms with E-state index in [-0.39, 0.29) is 0 Å². The maximum atomic E-state index is 12.0. The van der Waals surface area contributed by atoms with E-state index in [9.17, 15) is 18.0 Å². The molecule has 10 nitrogen and oxygen atoms in total. The molecule has 1 aromatic carbocycles. The molecule has 11 heteroatoms. The number of carboxylic acid groups (broad SMARTS) is 2. The van der Waals surface area contributed by atoms with Gasteiger partial charge in [-0.3, -0.25) is 4.90 Å². The molecule has 2 unspecified atom stereocenters. The molecule has 0 amide bonds. The molecular formula is C21H34N2O8S. The monoisotopic (exact) mass is 474 g/mol. The highest BCUT2D eigenvalue weighted by Gasteiger charge is 2.29. The number of carboxylic acids is 2. The van der Waals surface area contributed by atoms with E-state index >= 15 is 0 Å². The van der Waals surface area contributed by atoms with Gasteiger partial charge in [0.05, 0.1) is 4.90 Å². The summed E-state index contributed by atoms with van der Waals surface area (Å²) in [7, 11) is -3.18. The number of nitrogens with one attached hydrogen (secondary N) is 1. The number of rotatable bonds is 9. The Hall–Kier alpha value is -2.05. The van der Waals surface area contributed by atoms with Gasteiger partial charge in [-0.1, -0.05) is 32.0 Å². The van der Waals surface area contributed by atoms with Crippen molar-refractivity contribution in [2.45, 2.75) is 56.4 Å². The minimum Gasteiger partial charge on any atom is -0.479 e. The fraction of sp³-hybridized carbons (Fsp3) is 0.619. The summed E-state index contributed by atoms with van der Waals surface area (Å²) < 4.78 is 24.0. The van der Waals surface area contributed by atoms with Crippen LogP contribution in [0.15, 0.2) is 29.2 Å². The standard InChI is InChI=1S/C17H28N2O2S.C4H6O6/c1-14(2)12-19(16-8-10-18-11-9-16)13-15-6-4-5-7-17(15)22(3,20)21;5-1(3(7)8)2(6)4(9)10/h4-7,14,16,18H,8-13H2,1-3H3;1-2,5-6H,(H,7,8)(H,9,10). The van der Waals surface area contributed by atoms with Gasteiger partial charge in [0.1, 0.15) is 0 Å². The molecular weight excluding hydrogens is 440 g/mol. The summed E-state index contributed by atoms with van der Waals surface area (Å²) in [5.74, 6) is -2.97. The second-order valence-electron chi connectivity index (χ2n) is 8.25. The highest BCUT2D eigenvalue weighted by molar-refractivity contribution is 7.90. The minimum atomic E-state index is -3.18. The van der Waals surface area contributed by atoms with E-state index < -0.39 is 34.0 Å². The van der Waals surface area contributed by atoms with Crippen LogP contribution in [0.5, 0.6) is 0 Å². The number of hydrogen-bond donors (Lipinski definition) is 5. The lowest BCUT2D eigenvalue weighted by Crippen LogP contribution is -2.44. The Morgan fingerprint density at radius 1 is 1.06 bits per heavy atom. The van der Waals surface area contributed by atoms with Crippen LogP contribution < -0.4 is 5.32 Å². The first-order valence-corrected chi connectivity index (χ1v) is 12.3. The normalized spacial score (nSPS) is 16.8. The van der Waals surface area contributed by atoms with Crippen LogP contribution in [0.25, 0.3) is 0 Å². The van der Waals surface area contributed by atoms with Crippen molar-refractivity contribution in [1.82, 2.24) is 10.2 Å². The largest absolute Gasteiger partial charge is 0.479 e. The first-order chi connectivity index (χ1) is 14.8. The summed E-state index contributed by atoms with van der Waals surface area (Å²) >= 11 is 0. The van der Waals surface area contributed by atoms with Crippen molar-refractivity contribution in [3.8, 4) is 0 Å². The lowest BCUT2D eigenvalue weighted by Gasteiger charge is -2.36. The van der Waals surface area contributed by atoms with Gasteiger partial charge in [-0.15, -0.1) is 0 Å². The van der Waals surface area contributed by atoms with Gasteiger partial charge in [0, 0.05) is 25.4 Å². The minimum absolute atomic E-state index is 0.470. The van der Waals surface area contributed by atoms with E-state index in [0.717, 1.165) is 38.0 Å². The second-order valence-corrected chi connectivity index (χ2v) is 10.2. The molecule has 0 saturated carbocycles. The summed E-state index contributed by atoms with van der Waals surface area (Å²) in [5, 5.41) is 35.9. The van der Waals surface area contributed by atoms with Crippen molar-refractivity contribution in [2.75, 3.05) is 25.9 Å². The van der Waals surface area contributed by atoms with Gasteiger partial charge >= 0.3 is 11.9 Å². The number of nitrogens with zero attached hydrogens (tertiary/aromatic N) is 1. The van der Waals surface area contributed by atoms with Gasteiger partial charge in [0.2, 0.25) is 0 Å². The fourth-order valence-electron chi connectivity index (χ4n) is 3.47. The van der Waals surface area contributed by atoms with E-state index in [0.29, 0.717) is 23.4 Å². The summed E-state index contributed by atoms with van der Waals surface area (Å²) in [4.78, 5) is 22.5. The molecule has 1 aliphatic heterocycles. The van der Waals surface area contributed by atoms with Crippen LogP contribution in [0.2, 0.25) is 0 Å². The van der Waals surface area contributed by atoms with Crippen molar-refractivity contribution < 1.29 is 38.4 Å². The Labute approximate surface area is 188 Å². The number of benzene rings is 1. The van der Waals surface area contributed by atoms with E-state index in [1.165, 1.54) is 6.26 Å². The Morgan fingerprint density at radius 2 is 1.56 bits per heavy atom. The van der Waals surface area contributed by atoms with E-state index in [1.807, 2.05) is 12.1 Å². The summed E-state index contributed by atoms with van der Waals surface area (Å²) in [5.41, 5.74) is 0.921. The molecule has 32 heavy (non-hydrogen) atoms. The van der Waals surface area contributed by atoms with Crippen LogP contribution in [0.3, 0.4) is 0 Å². The maximum absolute atomic E-state index is 12.0. The van der Waals surface area contributed by atoms with Crippen molar-refractivity contribution in [3.63, 3.8) is 0 Å². The van der Waals surface area contributed by atoms with Crippen molar-refractivity contribution in [3.05, 3.63) is 29.8 Å². The van der Waals surface area contributed by atoms with Gasteiger partial charge < -0.3 is 25.7 Å². The average molecular weight is 475 g/mol. The third kappa shape index (κ3) is 9.21. The number of sulfone groups is 1. The molecule has 1 fully saturated rings. The molecule has 0 bridgehead atoms. The molecule has 1 aliphatic rings. The second kappa shape index (κ2) is 12.9. The van der Waals surface area contributed by atoms with Gasteiger partial charge in [-0.25, -0.2) is 18.0 Å². The van der Waals surface area contributed by atoms with Gasteiger partial charge in [-0.2, -0.15) is 0 Å². The molecule has 182 valence electrons. The van der Waals surface area contributed by atoms with Crippen molar-refractivity contribution >= 4 is 21.8 Å². The molecule has 2 rings (SSSR count). The molecule has 0 radical (unpaired) electrons. The lowest BCUT2D eigenvalue weighted by atomic mass is 10.0. The number of piperidine rings is 1. The summed E-state index contributed by atoms with van der Waals surface area (Å²) in [6.07, 6.45) is -0.972. The van der Waals surface area contributed by atoms with Crippen LogP contribution >= 0.6 is 0 Å². The number of aliphatic hydroxyl groups excluding tert-OH is 2. The van der Waals surface area contributed by atoms with Crippen molar-refractivity contribution in [1.29, 1.82) is 0 Å². The smallest absolute Gasteiger partial charge is 0.335 e. The molecule has 0 spiro atoms. The summed E-state index contributed by atoms with van der Waals surface area (Å²) in [6.45, 7) is 8.25. The van der Waals surface area contributed by atoms with E-state index in [2.05, 4.69) is 24.1 Å². The zero-order valence-corrected chi connectivity index (χ0v) is 19.5. The summed E-state index contributed by atoms with van der Waals surface area (Å²) in [6, 6.07) is 7.94. The number of carbonyl (C=O) groups is 2. The maximum Gasteiger partial charge on any atom is 0.335 e. The molecule has 1 heterocycles. The molecule has 2 atom stereocenters. The quantitative estimate of drug-likeness (QED) is 0.333. The third-order valence-corrected chi connectivity index (χ3v) is 6.17. The Balaban J connectivity index is 0.000000433. The molecule has 0 aromatic heterocycles. The van der Waals surface area contributed by atoms with E-state index in [4.69, 9.17) is 20.4 Å². The SMILES string of the molecule is CC(C)CN(Cc1ccccc1S(C)(=O)=O)C1CCNCC1.O=C(O)C(O)C(O)C(=O)O. The topological polar surface area (TPSA) is 164 Å². The van der Waals surface area contributed by atoms with Gasteiger partial charge in [0.15, 0.2) is 22.0 Å². The fourth-order valence-corrected chi connectivity index (χ4v) is 4.40. The zero-order chi connectivity index (χ0) is 24.5. The predicted octanol–water partition coefficient (Wildman–Crippen LogP) is 0.178. The van der Waals surface area contributed by atoms with Crippen LogP contribution in [0.4, 0.5) is 0 Å². The first kappa shape index (κ1) is 28.0.